The fraction of sp³-hybridized carbons (Fsp3) is 0.565. The summed E-state index contributed by atoms with van der Waals surface area (Å²) in [5.74, 6) is 1.07. The predicted octanol–water partition coefficient (Wildman–Crippen LogP) is 4.05. The van der Waals surface area contributed by atoms with E-state index in [4.69, 9.17) is 0 Å². The Hall–Kier alpha value is -1.81. The molecule has 2 saturated heterocycles. The van der Waals surface area contributed by atoms with Crippen LogP contribution < -0.4 is 5.32 Å². The zero-order chi connectivity index (χ0) is 22.7. The van der Waals surface area contributed by atoms with Crippen LogP contribution in [-0.4, -0.2) is 54.7 Å². The molecule has 174 valence electrons. The maximum absolute atomic E-state index is 12.9. The second-order valence-corrected chi connectivity index (χ2v) is 12.0. The molecule has 7 nitrogen and oxygen atoms in total. The first kappa shape index (κ1) is 23.4. The lowest BCUT2D eigenvalue weighted by atomic mass is 9.99. The van der Waals surface area contributed by atoms with E-state index < -0.39 is 10.0 Å². The van der Waals surface area contributed by atoms with Gasteiger partial charge in [0.25, 0.3) is 5.91 Å². The number of piperidine rings is 2. The Bertz CT molecular complexity index is 1020. The Balaban J connectivity index is 1.35. The molecule has 1 N–H and O–H groups in total. The van der Waals surface area contributed by atoms with Crippen LogP contribution in [0.1, 0.15) is 55.6 Å². The summed E-state index contributed by atoms with van der Waals surface area (Å²) in [5.41, 5.74) is 1.38. The second-order valence-electron chi connectivity index (χ2n) is 9.17. The highest BCUT2D eigenvalue weighted by molar-refractivity contribution is 7.89. The summed E-state index contributed by atoms with van der Waals surface area (Å²) in [6.07, 6.45) is 4.20. The molecule has 0 saturated carbocycles. The van der Waals surface area contributed by atoms with Crippen molar-refractivity contribution < 1.29 is 13.2 Å². The van der Waals surface area contributed by atoms with E-state index in [1.54, 1.807) is 16.4 Å². The zero-order valence-electron chi connectivity index (χ0n) is 18.8. The zero-order valence-corrected chi connectivity index (χ0v) is 20.4. The molecule has 4 rings (SSSR count). The molecule has 2 aliphatic heterocycles. The minimum atomic E-state index is -3.51. The number of nitrogens with one attached hydrogen (secondary N) is 1. The van der Waals surface area contributed by atoms with Gasteiger partial charge in [-0.25, -0.2) is 13.4 Å². The van der Waals surface area contributed by atoms with Crippen molar-refractivity contribution in [1.29, 1.82) is 0 Å². The smallest absolute Gasteiger partial charge is 0.257 e. The predicted molar refractivity (Wildman–Crippen MR) is 127 cm³/mol. The lowest BCUT2D eigenvalue weighted by Gasteiger charge is -2.29. The Morgan fingerprint density at radius 2 is 1.62 bits per heavy atom. The van der Waals surface area contributed by atoms with Gasteiger partial charge in [-0.2, -0.15) is 4.31 Å². The summed E-state index contributed by atoms with van der Waals surface area (Å²) in [4.78, 5) is 19.8. The third kappa shape index (κ3) is 5.57. The van der Waals surface area contributed by atoms with Gasteiger partial charge >= 0.3 is 0 Å². The van der Waals surface area contributed by atoms with Crippen LogP contribution in [0.5, 0.6) is 0 Å². The van der Waals surface area contributed by atoms with Crippen LogP contribution in [0.2, 0.25) is 0 Å². The SMILES string of the molecule is CC1CCN(Cc2csc(NC(=O)c3ccc(S(=O)(=O)N4CCC(C)CC4)cc3)n2)CC1. The maximum Gasteiger partial charge on any atom is 0.257 e. The van der Waals surface area contributed by atoms with Crippen LogP contribution in [0.25, 0.3) is 0 Å². The number of likely N-dealkylation sites (tertiary alicyclic amines) is 1. The molecule has 0 unspecified atom stereocenters. The van der Waals surface area contributed by atoms with E-state index in [1.807, 2.05) is 5.38 Å². The van der Waals surface area contributed by atoms with Crippen LogP contribution in [0.3, 0.4) is 0 Å². The lowest BCUT2D eigenvalue weighted by Crippen LogP contribution is -2.37. The summed E-state index contributed by atoms with van der Waals surface area (Å²) in [6, 6.07) is 6.18. The fourth-order valence-electron chi connectivity index (χ4n) is 4.21. The van der Waals surface area contributed by atoms with Crippen molar-refractivity contribution in [2.75, 3.05) is 31.5 Å². The number of carbonyl (C=O) groups is 1. The number of sulfonamides is 1. The molecule has 0 aliphatic carbocycles. The number of anilines is 1. The van der Waals surface area contributed by atoms with Crippen LogP contribution in [0.15, 0.2) is 34.5 Å². The van der Waals surface area contributed by atoms with Gasteiger partial charge in [0.05, 0.1) is 10.6 Å². The first-order valence-corrected chi connectivity index (χ1v) is 13.7. The van der Waals surface area contributed by atoms with Gasteiger partial charge in [-0.1, -0.05) is 13.8 Å². The number of hydrogen-bond acceptors (Lipinski definition) is 6. The number of hydrogen-bond donors (Lipinski definition) is 1. The Morgan fingerprint density at radius 3 is 2.25 bits per heavy atom. The third-order valence-corrected chi connectivity index (χ3v) is 9.25. The first-order valence-electron chi connectivity index (χ1n) is 11.4. The molecule has 1 aromatic carbocycles. The van der Waals surface area contributed by atoms with E-state index in [1.165, 1.54) is 36.3 Å². The molecule has 0 atom stereocenters. The molecule has 0 spiro atoms. The average Bonchev–Trinajstić information content (AvgIpc) is 3.22. The maximum atomic E-state index is 12.9. The largest absolute Gasteiger partial charge is 0.298 e. The van der Waals surface area contributed by atoms with Crippen molar-refractivity contribution in [3.8, 4) is 0 Å². The summed E-state index contributed by atoms with van der Waals surface area (Å²) < 4.78 is 27.3. The molecule has 2 aromatic rings. The Kier molecular flexibility index (Phi) is 7.29. The van der Waals surface area contributed by atoms with Crippen LogP contribution in [0, 0.1) is 11.8 Å². The topological polar surface area (TPSA) is 82.6 Å². The monoisotopic (exact) mass is 476 g/mol. The van der Waals surface area contributed by atoms with Gasteiger partial charge in [-0.3, -0.25) is 15.0 Å². The Morgan fingerprint density at radius 1 is 1.03 bits per heavy atom. The van der Waals surface area contributed by atoms with E-state index >= 15 is 0 Å². The number of amides is 1. The second kappa shape index (κ2) is 9.99. The molecule has 9 heteroatoms. The Labute approximate surface area is 194 Å². The van der Waals surface area contributed by atoms with E-state index in [0.717, 1.165) is 44.1 Å². The highest BCUT2D eigenvalue weighted by Gasteiger charge is 2.28. The number of carbonyl (C=O) groups excluding carboxylic acids is 1. The van der Waals surface area contributed by atoms with Gasteiger partial charge in [-0.05, 0) is 74.9 Å². The average molecular weight is 477 g/mol. The van der Waals surface area contributed by atoms with Crippen LogP contribution >= 0.6 is 11.3 Å². The fourth-order valence-corrected chi connectivity index (χ4v) is 6.37. The molecule has 1 aromatic heterocycles. The van der Waals surface area contributed by atoms with Crippen LogP contribution in [0.4, 0.5) is 5.13 Å². The minimum Gasteiger partial charge on any atom is -0.298 e. The summed E-state index contributed by atoms with van der Waals surface area (Å²) in [5, 5.41) is 5.39. The number of nitrogens with zero attached hydrogens (tertiary/aromatic N) is 3. The van der Waals surface area contributed by atoms with Crippen molar-refractivity contribution in [3.63, 3.8) is 0 Å². The molecule has 1 amide bonds. The van der Waals surface area contributed by atoms with Gasteiger partial charge in [-0.15, -0.1) is 11.3 Å². The van der Waals surface area contributed by atoms with E-state index in [9.17, 15) is 13.2 Å². The van der Waals surface area contributed by atoms with Gasteiger partial charge < -0.3 is 0 Å². The molecule has 32 heavy (non-hydrogen) atoms. The van der Waals surface area contributed by atoms with E-state index in [-0.39, 0.29) is 10.8 Å². The van der Waals surface area contributed by atoms with E-state index in [0.29, 0.717) is 29.7 Å². The highest BCUT2D eigenvalue weighted by Crippen LogP contribution is 2.24. The minimum absolute atomic E-state index is 0.232. The van der Waals surface area contributed by atoms with Crippen LogP contribution in [-0.2, 0) is 16.6 Å². The lowest BCUT2D eigenvalue weighted by molar-refractivity contribution is 0.102. The normalized spacial score (nSPS) is 19.8. The number of thiazole rings is 1. The summed E-state index contributed by atoms with van der Waals surface area (Å²) in [6.45, 7) is 8.53. The van der Waals surface area contributed by atoms with Gasteiger partial charge in [0.1, 0.15) is 0 Å². The van der Waals surface area contributed by atoms with Crippen molar-refractivity contribution in [3.05, 3.63) is 40.9 Å². The third-order valence-electron chi connectivity index (χ3n) is 6.53. The van der Waals surface area contributed by atoms with Crippen molar-refractivity contribution >= 4 is 32.4 Å². The molecule has 3 heterocycles. The molecule has 2 fully saturated rings. The van der Waals surface area contributed by atoms with Gasteiger partial charge in [0.2, 0.25) is 10.0 Å². The first-order chi connectivity index (χ1) is 15.3. The number of benzene rings is 1. The van der Waals surface area contributed by atoms with Crippen molar-refractivity contribution in [1.82, 2.24) is 14.2 Å². The molecule has 0 radical (unpaired) electrons. The molecule has 0 bridgehead atoms. The molecular weight excluding hydrogens is 444 g/mol. The molecular formula is C23H32N4O3S2. The molecule has 2 aliphatic rings. The summed E-state index contributed by atoms with van der Waals surface area (Å²) in [7, 11) is -3.51. The number of rotatable bonds is 6. The summed E-state index contributed by atoms with van der Waals surface area (Å²) >= 11 is 1.42. The van der Waals surface area contributed by atoms with E-state index in [2.05, 4.69) is 29.0 Å². The number of aromatic nitrogens is 1. The van der Waals surface area contributed by atoms with Gasteiger partial charge in [0.15, 0.2) is 5.13 Å². The highest BCUT2D eigenvalue weighted by atomic mass is 32.2. The van der Waals surface area contributed by atoms with Crippen molar-refractivity contribution in [2.24, 2.45) is 11.8 Å². The van der Waals surface area contributed by atoms with Crippen molar-refractivity contribution in [2.45, 2.75) is 51.0 Å². The quantitative estimate of drug-likeness (QED) is 0.680. The van der Waals surface area contributed by atoms with Gasteiger partial charge in [0, 0.05) is 30.6 Å². The standard InChI is InChI=1S/C23H32N4O3S2/c1-17-7-11-26(12-8-17)15-20-16-31-23(24-20)25-22(28)19-3-5-21(6-4-19)32(29,30)27-13-9-18(2)10-14-27/h3-6,16-18H,7-15H2,1-2H3,(H,24,25,28).